The van der Waals surface area contributed by atoms with Crippen LogP contribution in [-0.4, -0.2) is 30.2 Å². The molecule has 0 saturated heterocycles. The van der Waals surface area contributed by atoms with Gasteiger partial charge in [-0.1, -0.05) is 31.4 Å². The Bertz CT molecular complexity index is 970. The number of hydrogen-bond acceptors (Lipinski definition) is 4. The minimum atomic E-state index is -4.43. The van der Waals surface area contributed by atoms with Gasteiger partial charge in [-0.25, -0.2) is 9.79 Å². The number of ether oxygens (including phenoxy) is 1. The highest BCUT2D eigenvalue weighted by Crippen LogP contribution is 2.30. The molecular formula is C23H26F3N3O3. The molecule has 1 fully saturated rings. The Labute approximate surface area is 184 Å². The molecule has 0 unspecified atom stereocenters. The third-order valence-electron chi connectivity index (χ3n) is 5.29. The predicted octanol–water partition coefficient (Wildman–Crippen LogP) is 5.09. The van der Waals surface area contributed by atoms with E-state index in [4.69, 9.17) is 4.74 Å². The SMILES string of the molecule is COC(=O)c1ccc(O)c(NC(=NCc2cccc(C(F)(F)F)c2)NC2CCCCC2)c1. The number of alkyl halides is 3. The Morgan fingerprint density at radius 2 is 1.91 bits per heavy atom. The van der Waals surface area contributed by atoms with Crippen molar-refractivity contribution in [2.75, 3.05) is 12.4 Å². The number of anilines is 1. The number of esters is 1. The number of guanidine groups is 1. The summed E-state index contributed by atoms with van der Waals surface area (Å²) >= 11 is 0. The van der Waals surface area contributed by atoms with Crippen LogP contribution >= 0.6 is 0 Å². The highest BCUT2D eigenvalue weighted by molar-refractivity contribution is 5.97. The Kier molecular flexibility index (Phi) is 7.61. The zero-order chi connectivity index (χ0) is 23.1. The number of halogens is 3. The average Bonchev–Trinajstić information content (AvgIpc) is 2.78. The van der Waals surface area contributed by atoms with Crippen molar-refractivity contribution in [1.82, 2.24) is 5.32 Å². The average molecular weight is 449 g/mol. The first-order valence-electron chi connectivity index (χ1n) is 10.4. The van der Waals surface area contributed by atoms with Crippen molar-refractivity contribution in [3.05, 3.63) is 59.2 Å². The van der Waals surface area contributed by atoms with Gasteiger partial charge < -0.3 is 20.5 Å². The van der Waals surface area contributed by atoms with Crippen molar-refractivity contribution >= 4 is 17.6 Å². The molecule has 0 spiro atoms. The summed E-state index contributed by atoms with van der Waals surface area (Å²) in [5.74, 6) is -0.350. The zero-order valence-corrected chi connectivity index (χ0v) is 17.7. The van der Waals surface area contributed by atoms with Crippen molar-refractivity contribution in [3.63, 3.8) is 0 Å². The largest absolute Gasteiger partial charge is 0.506 e. The lowest BCUT2D eigenvalue weighted by Gasteiger charge is -2.25. The van der Waals surface area contributed by atoms with E-state index in [1.165, 1.54) is 31.4 Å². The van der Waals surface area contributed by atoms with Gasteiger partial charge in [0.05, 0.1) is 30.5 Å². The van der Waals surface area contributed by atoms with E-state index in [0.29, 0.717) is 11.5 Å². The van der Waals surface area contributed by atoms with Gasteiger partial charge in [0, 0.05) is 6.04 Å². The smallest absolute Gasteiger partial charge is 0.416 e. The first kappa shape index (κ1) is 23.4. The van der Waals surface area contributed by atoms with Crippen molar-refractivity contribution < 1.29 is 27.8 Å². The van der Waals surface area contributed by atoms with E-state index < -0.39 is 17.7 Å². The number of nitrogens with zero attached hydrogens (tertiary/aromatic N) is 1. The van der Waals surface area contributed by atoms with E-state index in [1.54, 1.807) is 6.07 Å². The second kappa shape index (κ2) is 10.4. The molecule has 172 valence electrons. The molecule has 0 heterocycles. The number of aromatic hydroxyl groups is 1. The number of carbonyl (C=O) groups is 1. The number of benzene rings is 2. The predicted molar refractivity (Wildman–Crippen MR) is 116 cm³/mol. The molecule has 0 bridgehead atoms. The van der Waals surface area contributed by atoms with Crippen LogP contribution in [-0.2, 0) is 17.5 Å². The van der Waals surface area contributed by atoms with Crippen LogP contribution in [0, 0.1) is 0 Å². The van der Waals surface area contributed by atoms with Crippen LogP contribution in [0.3, 0.4) is 0 Å². The molecule has 32 heavy (non-hydrogen) atoms. The Morgan fingerprint density at radius 1 is 1.16 bits per heavy atom. The normalized spacial score (nSPS) is 15.3. The quantitative estimate of drug-likeness (QED) is 0.256. The number of nitrogens with one attached hydrogen (secondary N) is 2. The van der Waals surface area contributed by atoms with E-state index in [1.807, 2.05) is 0 Å². The third kappa shape index (κ3) is 6.38. The second-order valence-corrected chi connectivity index (χ2v) is 7.69. The molecule has 0 aromatic heterocycles. The van der Waals surface area contributed by atoms with Crippen molar-refractivity contribution in [3.8, 4) is 5.75 Å². The van der Waals surface area contributed by atoms with E-state index in [9.17, 15) is 23.1 Å². The third-order valence-corrected chi connectivity index (χ3v) is 5.29. The first-order chi connectivity index (χ1) is 15.3. The van der Waals surface area contributed by atoms with E-state index in [-0.39, 0.29) is 29.6 Å². The fraction of sp³-hybridized carbons (Fsp3) is 0.391. The molecule has 3 rings (SSSR count). The number of hydrogen-bond donors (Lipinski definition) is 3. The summed E-state index contributed by atoms with van der Waals surface area (Å²) in [7, 11) is 1.26. The van der Waals surface area contributed by atoms with Crippen molar-refractivity contribution in [2.24, 2.45) is 4.99 Å². The Hall–Kier alpha value is -3.23. The summed E-state index contributed by atoms with van der Waals surface area (Å²) in [6.45, 7) is 0.00340. The first-order valence-corrected chi connectivity index (χ1v) is 10.4. The van der Waals surface area contributed by atoms with Crippen LogP contribution in [0.1, 0.15) is 53.6 Å². The minimum Gasteiger partial charge on any atom is -0.506 e. The monoisotopic (exact) mass is 449 g/mol. The summed E-state index contributed by atoms with van der Waals surface area (Å²) in [4.78, 5) is 16.3. The van der Waals surface area contributed by atoms with Crippen LogP contribution in [0.5, 0.6) is 5.75 Å². The lowest BCUT2D eigenvalue weighted by atomic mass is 9.96. The van der Waals surface area contributed by atoms with E-state index in [0.717, 1.165) is 44.2 Å². The second-order valence-electron chi connectivity index (χ2n) is 7.69. The summed E-state index contributed by atoms with van der Waals surface area (Å²) in [6.07, 6.45) is 0.756. The lowest BCUT2D eigenvalue weighted by Crippen LogP contribution is -2.40. The van der Waals surface area contributed by atoms with Crippen LogP contribution in [0.15, 0.2) is 47.5 Å². The van der Waals surface area contributed by atoms with Gasteiger partial charge >= 0.3 is 12.1 Å². The topological polar surface area (TPSA) is 83.0 Å². The number of methoxy groups -OCH3 is 1. The van der Waals surface area contributed by atoms with Gasteiger partial charge in [-0.05, 0) is 48.7 Å². The maximum absolute atomic E-state index is 13.0. The number of phenolic OH excluding ortho intramolecular Hbond substituents is 1. The maximum atomic E-state index is 13.0. The van der Waals surface area contributed by atoms with Crippen molar-refractivity contribution in [2.45, 2.75) is 50.9 Å². The summed E-state index contributed by atoms with van der Waals surface area (Å²) in [6, 6.07) is 9.39. The molecule has 2 aromatic rings. The van der Waals surface area contributed by atoms with E-state index >= 15 is 0 Å². The van der Waals surface area contributed by atoms with Crippen LogP contribution in [0.25, 0.3) is 0 Å². The van der Waals surface area contributed by atoms with Crippen LogP contribution in [0.4, 0.5) is 18.9 Å². The van der Waals surface area contributed by atoms with Gasteiger partial charge in [0.15, 0.2) is 5.96 Å². The number of rotatable bonds is 5. The molecular weight excluding hydrogens is 423 g/mol. The number of phenols is 1. The highest BCUT2D eigenvalue weighted by Gasteiger charge is 2.30. The van der Waals surface area contributed by atoms with Gasteiger partial charge in [0.2, 0.25) is 0 Å². The molecule has 1 aliphatic rings. The Morgan fingerprint density at radius 3 is 2.59 bits per heavy atom. The lowest BCUT2D eigenvalue weighted by molar-refractivity contribution is -0.137. The zero-order valence-electron chi connectivity index (χ0n) is 17.7. The Balaban J connectivity index is 1.84. The van der Waals surface area contributed by atoms with E-state index in [2.05, 4.69) is 15.6 Å². The fourth-order valence-electron chi connectivity index (χ4n) is 3.59. The molecule has 9 heteroatoms. The number of carbonyl (C=O) groups excluding carboxylic acids is 1. The van der Waals surface area contributed by atoms with Gasteiger partial charge in [-0.3, -0.25) is 0 Å². The number of aliphatic imine (C=N–C) groups is 1. The molecule has 0 atom stereocenters. The molecule has 1 aliphatic carbocycles. The molecule has 0 aliphatic heterocycles. The van der Waals surface area contributed by atoms with Crippen molar-refractivity contribution in [1.29, 1.82) is 0 Å². The maximum Gasteiger partial charge on any atom is 0.416 e. The van der Waals surface area contributed by atoms with Gasteiger partial charge in [-0.15, -0.1) is 0 Å². The van der Waals surface area contributed by atoms with Gasteiger partial charge in [0.25, 0.3) is 0 Å². The molecule has 2 aromatic carbocycles. The molecule has 6 nitrogen and oxygen atoms in total. The van der Waals surface area contributed by atoms with Gasteiger partial charge in [0.1, 0.15) is 5.75 Å². The minimum absolute atomic E-state index is 0.00340. The standard InChI is InChI=1S/C23H26F3N3O3/c1-32-21(31)16-10-11-20(30)19(13-16)29-22(28-18-8-3-2-4-9-18)27-14-15-6-5-7-17(12-15)23(24,25)26/h5-7,10-13,18,30H,2-4,8-9,14H2,1H3,(H2,27,28,29). The van der Waals surface area contributed by atoms with Gasteiger partial charge in [-0.2, -0.15) is 13.2 Å². The molecule has 1 saturated carbocycles. The molecule has 0 radical (unpaired) electrons. The summed E-state index contributed by atoms with van der Waals surface area (Å²) < 4.78 is 43.8. The fourth-order valence-corrected chi connectivity index (χ4v) is 3.59. The highest BCUT2D eigenvalue weighted by atomic mass is 19.4. The molecule has 0 amide bonds. The van der Waals surface area contributed by atoms with Crippen LogP contribution < -0.4 is 10.6 Å². The summed E-state index contributed by atoms with van der Waals surface area (Å²) in [5, 5.41) is 16.5. The van der Waals surface area contributed by atoms with Crippen LogP contribution in [0.2, 0.25) is 0 Å². The molecule has 3 N–H and O–H groups in total. The summed E-state index contributed by atoms with van der Waals surface area (Å²) in [5.41, 5.74) is 0.141.